The molecule has 0 saturated carbocycles. The van der Waals surface area contributed by atoms with E-state index in [1.165, 1.54) is 0 Å². The zero-order valence-electron chi connectivity index (χ0n) is 1.82. The molecule has 4 heteroatoms. The van der Waals surface area contributed by atoms with Gasteiger partial charge in [0.05, 0.1) is 0 Å². The van der Waals surface area contributed by atoms with Crippen LogP contribution in [-0.4, -0.2) is 41.3 Å². The van der Waals surface area contributed by atoms with Gasteiger partial charge in [0, 0.05) is 0 Å². The molecule has 0 N–H and O–H groups in total. The summed E-state index contributed by atoms with van der Waals surface area (Å²) in [5.41, 5.74) is 0. The van der Waals surface area contributed by atoms with Crippen molar-refractivity contribution in [3.8, 4) is 0 Å². The summed E-state index contributed by atoms with van der Waals surface area (Å²) >= 11 is 0.125. The first-order chi connectivity index (χ1) is 1.00. The van der Waals surface area contributed by atoms with Crippen molar-refractivity contribution in [3.05, 3.63) is 0 Å². The second-order valence-electron chi connectivity index (χ2n) is 0. The average molecular weight is 232 g/mol. The summed E-state index contributed by atoms with van der Waals surface area (Å²) in [6.45, 7) is 0. The molecule has 0 fully saturated rings. The van der Waals surface area contributed by atoms with E-state index in [-0.39, 0.29) is 59.5 Å². The third kappa shape index (κ3) is 9.25. The molecule has 4 heavy (non-hydrogen) atoms. The fraction of sp³-hybridized carbons (Fsp3) is 0. The predicted octanol–water partition coefficient (Wildman–Crippen LogP) is -2.22. The molecule has 0 aromatic heterocycles. The molecule has 0 saturated heterocycles. The van der Waals surface area contributed by atoms with Gasteiger partial charge < -0.3 is 0 Å². The van der Waals surface area contributed by atoms with Crippen molar-refractivity contribution in [1.82, 2.24) is 0 Å². The molecule has 0 aliphatic carbocycles. The summed E-state index contributed by atoms with van der Waals surface area (Å²) in [5, 5.41) is 0. The van der Waals surface area contributed by atoms with Crippen molar-refractivity contribution >= 4 is 41.3 Å². The van der Waals surface area contributed by atoms with Crippen molar-refractivity contribution in [1.29, 1.82) is 0 Å². The van der Waals surface area contributed by atoms with E-state index < -0.39 is 0 Å². The van der Waals surface area contributed by atoms with Gasteiger partial charge in [0.15, 0.2) is 17.4 Å². The third-order valence-corrected chi connectivity index (χ3v) is 0. The average Bonchev–Trinajstić information content (AvgIpc) is 1.00. The first-order valence-corrected chi connectivity index (χ1v) is 1.50. The van der Waals surface area contributed by atoms with Crippen LogP contribution in [0, 0.1) is 0 Å². The van der Waals surface area contributed by atoms with Gasteiger partial charge in [-0.3, -0.25) is 0 Å². The van der Waals surface area contributed by atoms with Crippen LogP contribution in [0.2, 0.25) is 0 Å². The maximum atomic E-state index is 8.38. The normalized spacial score (nSPS) is 1.50. The molecule has 0 bridgehead atoms. The standard InChI is InChI=1S/Al.O.Sn.Zn.5H. The summed E-state index contributed by atoms with van der Waals surface area (Å²) in [6, 6.07) is 0. The quantitative estimate of drug-likeness (QED) is 0.432. The molecule has 0 aromatic carbocycles. The first-order valence-electron chi connectivity index (χ1n) is 0.289. The van der Waals surface area contributed by atoms with Crippen LogP contribution in [0.5, 0.6) is 0 Å². The van der Waals surface area contributed by atoms with Crippen molar-refractivity contribution in [2.45, 2.75) is 0 Å². The molecule has 0 heterocycles. The van der Waals surface area contributed by atoms with Crippen molar-refractivity contribution < 1.29 is 21.8 Å². The van der Waals surface area contributed by atoms with E-state index >= 15 is 0 Å². The van der Waals surface area contributed by atoms with E-state index in [9.17, 15) is 0 Å². The second kappa shape index (κ2) is 21.8. The van der Waals surface area contributed by atoms with Crippen LogP contribution in [0.3, 0.4) is 0 Å². The van der Waals surface area contributed by atoms with Gasteiger partial charge in [-0.25, -0.2) is 0 Å². The Hall–Kier alpha value is 1.75. The van der Waals surface area contributed by atoms with Gasteiger partial charge in [-0.15, -0.1) is 0 Å². The predicted molar refractivity (Wildman–Crippen MR) is 19.2 cm³/mol. The van der Waals surface area contributed by atoms with Gasteiger partial charge in [0.2, 0.25) is 0 Å². The summed E-state index contributed by atoms with van der Waals surface area (Å²) in [5.74, 6) is 0. The van der Waals surface area contributed by atoms with Crippen LogP contribution < -0.4 is 0 Å². The Balaban J connectivity index is -0.00000000500. The van der Waals surface area contributed by atoms with Crippen LogP contribution in [0.4, 0.5) is 0 Å². The van der Waals surface area contributed by atoms with Gasteiger partial charge in [-0.2, -0.15) is 0 Å². The number of rotatable bonds is 0. The van der Waals surface area contributed by atoms with E-state index in [4.69, 9.17) is 3.57 Å². The number of hydrogen-bond acceptors (Lipinski definition) is 1. The first kappa shape index (κ1) is 17.1. The summed E-state index contributed by atoms with van der Waals surface area (Å²) < 4.78 is 8.38. The van der Waals surface area contributed by atoms with Gasteiger partial charge in [0.25, 0.3) is 0 Å². The fourth-order valence-electron chi connectivity index (χ4n) is 0. The molecular formula is H5AlOSnZn. The Bertz CT molecular complexity index is 8.00. The monoisotopic (exact) mass is 232 g/mol. The Kier molecular flexibility index (Phi) is 93.3. The molecule has 0 spiro atoms. The van der Waals surface area contributed by atoms with Gasteiger partial charge >= 0.3 is 45.7 Å². The SMILES string of the molecule is [AlH3].[O]=[Zn].[SnH2]. The van der Waals surface area contributed by atoms with Crippen molar-refractivity contribution in [2.24, 2.45) is 0 Å². The summed E-state index contributed by atoms with van der Waals surface area (Å²) in [7, 11) is 0. The molecule has 0 amide bonds. The number of hydrogen-bond donors (Lipinski definition) is 0. The van der Waals surface area contributed by atoms with Gasteiger partial charge in [-0.05, 0) is 0 Å². The zero-order chi connectivity index (χ0) is 2.00. The van der Waals surface area contributed by atoms with Crippen LogP contribution >= 0.6 is 0 Å². The Morgan fingerprint density at radius 2 is 1.25 bits per heavy atom. The summed E-state index contributed by atoms with van der Waals surface area (Å²) in [6.07, 6.45) is 0. The van der Waals surface area contributed by atoms with Crippen LogP contribution in [0.25, 0.3) is 0 Å². The van der Waals surface area contributed by atoms with E-state index in [1.807, 2.05) is 0 Å². The van der Waals surface area contributed by atoms with E-state index in [0.717, 1.165) is 0 Å². The van der Waals surface area contributed by atoms with Gasteiger partial charge in [-0.1, -0.05) is 0 Å². The van der Waals surface area contributed by atoms with E-state index in [0.29, 0.717) is 0 Å². The second-order valence-corrected chi connectivity index (χ2v) is 0. The fourth-order valence-corrected chi connectivity index (χ4v) is 0. The molecule has 0 unspecified atom stereocenters. The maximum absolute atomic E-state index is 8.38. The van der Waals surface area contributed by atoms with Crippen LogP contribution in [-0.2, 0) is 21.8 Å². The Morgan fingerprint density at radius 1 is 1.25 bits per heavy atom. The molecule has 2 radical (unpaired) electrons. The molecule has 0 aromatic rings. The topological polar surface area (TPSA) is 17.1 Å². The van der Waals surface area contributed by atoms with E-state index in [1.54, 1.807) is 0 Å². The van der Waals surface area contributed by atoms with Crippen LogP contribution in [0.1, 0.15) is 0 Å². The molecule has 0 aliphatic heterocycles. The molecule has 0 aliphatic rings. The molecule has 0 rings (SSSR count). The minimum absolute atomic E-state index is 0. The molecule has 20 valence electrons. The third-order valence-electron chi connectivity index (χ3n) is 0. The summed E-state index contributed by atoms with van der Waals surface area (Å²) in [4.78, 5) is 0. The minimum atomic E-state index is 0. The Morgan fingerprint density at radius 3 is 1.25 bits per heavy atom. The molecule has 0 atom stereocenters. The van der Waals surface area contributed by atoms with Crippen molar-refractivity contribution in [3.63, 3.8) is 0 Å². The van der Waals surface area contributed by atoms with Crippen LogP contribution in [0.15, 0.2) is 0 Å². The van der Waals surface area contributed by atoms with Crippen molar-refractivity contribution in [2.75, 3.05) is 0 Å². The molecular weight excluding hydrogens is 227 g/mol. The molecule has 1 nitrogen and oxygen atoms in total. The van der Waals surface area contributed by atoms with Gasteiger partial charge in [0.1, 0.15) is 0 Å². The Labute approximate surface area is 62.6 Å². The zero-order valence-corrected chi connectivity index (χ0v) is 8.83. The van der Waals surface area contributed by atoms with E-state index in [2.05, 4.69) is 0 Å².